The van der Waals surface area contributed by atoms with Crippen LogP contribution < -0.4 is 0 Å². The maximum atomic E-state index is 12.9. The van der Waals surface area contributed by atoms with Gasteiger partial charge in [-0.25, -0.2) is 0 Å². The van der Waals surface area contributed by atoms with Crippen molar-refractivity contribution in [3.05, 3.63) is 231 Å². The van der Waals surface area contributed by atoms with Gasteiger partial charge in [0.25, 0.3) is 0 Å². The Morgan fingerprint density at radius 1 is 0.241 bits per heavy atom. The van der Waals surface area contributed by atoms with Crippen LogP contribution in [0.4, 0.5) is 0 Å². The zero-order chi connectivity index (χ0) is 59.9. The van der Waals surface area contributed by atoms with E-state index in [9.17, 15) is 14.4 Å². The molecule has 0 aliphatic carbocycles. The number of rotatable bonds is 54. The van der Waals surface area contributed by atoms with Crippen molar-refractivity contribution in [1.82, 2.24) is 0 Å². The van der Waals surface area contributed by atoms with Crippen molar-refractivity contribution in [2.45, 2.75) is 219 Å². The fourth-order valence-corrected chi connectivity index (χ4v) is 7.51. The predicted octanol–water partition coefficient (Wildman–Crippen LogP) is 22.3. The zero-order valence-corrected chi connectivity index (χ0v) is 52.1. The van der Waals surface area contributed by atoms with E-state index >= 15 is 0 Å². The molecule has 1 unspecified atom stereocenters. The van der Waals surface area contributed by atoms with E-state index < -0.39 is 12.1 Å². The average molecular weight is 1130 g/mol. The fourth-order valence-electron chi connectivity index (χ4n) is 7.51. The molecule has 0 spiro atoms. The van der Waals surface area contributed by atoms with Gasteiger partial charge >= 0.3 is 17.9 Å². The first-order valence-electron chi connectivity index (χ1n) is 31.9. The Balaban J connectivity index is 4.54. The molecule has 0 fully saturated rings. The van der Waals surface area contributed by atoms with Crippen molar-refractivity contribution >= 4 is 17.9 Å². The van der Waals surface area contributed by atoms with Gasteiger partial charge in [0.05, 0.1) is 0 Å². The number of carbonyl (C=O) groups excluding carboxylic acids is 3. The molecule has 0 aromatic heterocycles. The molecule has 0 aromatic carbocycles. The molecule has 0 N–H and O–H groups in total. The summed E-state index contributed by atoms with van der Waals surface area (Å²) in [6.45, 7) is 6.14. The lowest BCUT2D eigenvalue weighted by Gasteiger charge is -2.18. The van der Waals surface area contributed by atoms with Crippen molar-refractivity contribution in [3.8, 4) is 0 Å². The number of hydrogen-bond donors (Lipinski definition) is 0. The number of carbonyl (C=O) groups is 3. The molecule has 0 saturated carbocycles. The first-order valence-corrected chi connectivity index (χ1v) is 31.9. The maximum Gasteiger partial charge on any atom is 0.306 e. The molecule has 0 aliphatic rings. The van der Waals surface area contributed by atoms with E-state index in [0.717, 1.165) is 161 Å². The Kier molecular flexibility index (Phi) is 62.6. The second-order valence-corrected chi connectivity index (χ2v) is 19.8. The average Bonchev–Trinajstić information content (AvgIpc) is 3.49. The van der Waals surface area contributed by atoms with E-state index in [1.807, 2.05) is 12.2 Å². The second-order valence-electron chi connectivity index (χ2n) is 19.8. The van der Waals surface area contributed by atoms with Crippen LogP contribution in [0.5, 0.6) is 0 Å². The molecule has 0 amide bonds. The lowest BCUT2D eigenvalue weighted by atomic mass is 10.1. The van der Waals surface area contributed by atoms with E-state index in [0.29, 0.717) is 12.8 Å². The van der Waals surface area contributed by atoms with Crippen molar-refractivity contribution < 1.29 is 28.6 Å². The standard InChI is InChI=1S/C77H112O6/c1-4-7-10-13-16-19-22-25-27-29-31-32-33-34-35-36-37-38-39-40-41-42-43-44-46-47-49-52-55-58-61-64-67-70-76(79)82-73-74(72-81-75(78)69-66-63-60-57-54-51-24-21-18-15-12-9-6-3)83-77(80)71-68-65-62-59-56-53-50-48-45-30-28-26-23-20-17-14-11-8-5-2/h7-12,16-21,25-28,31-32,34-35,37-38,40-41,43-45,47-49,51,53-56,58,62,65,74H,4-6,13-15,22-24,29-30,33,36,39,42,46,50,52,57,59-61,63-64,66-73H2,1-3H3/b10-7-,11-8-,12-9-,19-16-,20-17-,21-18-,27-25-,28-26-,32-31-,35-34-,38-37-,41-40-,44-43-,48-45-,49-47-,54-51-,56-53-,58-55-,65-62-. The Morgan fingerprint density at radius 2 is 0.458 bits per heavy atom. The van der Waals surface area contributed by atoms with Crippen molar-refractivity contribution in [3.63, 3.8) is 0 Å². The van der Waals surface area contributed by atoms with Gasteiger partial charge in [-0.2, -0.15) is 0 Å². The summed E-state index contributed by atoms with van der Waals surface area (Å²) in [5.74, 6) is -1.13. The third-order valence-electron chi connectivity index (χ3n) is 12.2. The third kappa shape index (κ3) is 66.2. The van der Waals surface area contributed by atoms with Crippen molar-refractivity contribution in [2.75, 3.05) is 13.2 Å². The Hall–Kier alpha value is -6.53. The van der Waals surface area contributed by atoms with Crippen molar-refractivity contribution in [2.24, 2.45) is 0 Å². The molecule has 83 heavy (non-hydrogen) atoms. The molecular weight excluding hydrogens is 1020 g/mol. The van der Waals surface area contributed by atoms with Gasteiger partial charge in [-0.15, -0.1) is 0 Å². The first kappa shape index (κ1) is 76.5. The fraction of sp³-hybridized carbons (Fsp3) is 0.468. The maximum absolute atomic E-state index is 12.9. The molecule has 0 aliphatic heterocycles. The molecule has 0 bridgehead atoms. The summed E-state index contributed by atoms with van der Waals surface area (Å²) in [6, 6.07) is 0. The second kappa shape index (κ2) is 68.0. The van der Waals surface area contributed by atoms with Crippen LogP contribution in [0.3, 0.4) is 0 Å². The summed E-state index contributed by atoms with van der Waals surface area (Å²) in [5, 5.41) is 0. The Labute approximate surface area is 507 Å². The minimum atomic E-state index is -0.865. The van der Waals surface area contributed by atoms with Gasteiger partial charge in [-0.05, 0) is 167 Å². The minimum absolute atomic E-state index is 0.151. The molecular formula is C77H112O6. The Morgan fingerprint density at radius 3 is 0.723 bits per heavy atom. The highest BCUT2D eigenvalue weighted by molar-refractivity contribution is 5.71. The quantitative estimate of drug-likeness (QED) is 0.0261. The van der Waals surface area contributed by atoms with Gasteiger partial charge in [0, 0.05) is 19.3 Å². The monoisotopic (exact) mass is 1130 g/mol. The van der Waals surface area contributed by atoms with E-state index in [1.165, 1.54) is 0 Å². The van der Waals surface area contributed by atoms with Gasteiger partial charge in [0.15, 0.2) is 6.10 Å². The number of ether oxygens (including phenoxy) is 3. The number of hydrogen-bond acceptors (Lipinski definition) is 6. The normalized spacial score (nSPS) is 13.7. The zero-order valence-electron chi connectivity index (χ0n) is 52.1. The molecule has 1 atom stereocenters. The van der Waals surface area contributed by atoms with Crippen LogP contribution in [0.2, 0.25) is 0 Å². The first-order chi connectivity index (χ1) is 41.0. The van der Waals surface area contributed by atoms with Gasteiger partial charge in [-0.3, -0.25) is 14.4 Å². The summed E-state index contributed by atoms with van der Waals surface area (Å²) in [6.07, 6.45) is 108. The summed E-state index contributed by atoms with van der Waals surface area (Å²) >= 11 is 0. The summed E-state index contributed by atoms with van der Waals surface area (Å²) in [7, 11) is 0. The van der Waals surface area contributed by atoms with Crippen LogP contribution in [0.15, 0.2) is 231 Å². The third-order valence-corrected chi connectivity index (χ3v) is 12.2. The van der Waals surface area contributed by atoms with Crippen LogP contribution in [-0.4, -0.2) is 37.2 Å². The number of esters is 3. The smallest absolute Gasteiger partial charge is 0.306 e. The summed E-state index contributed by atoms with van der Waals surface area (Å²) in [4.78, 5) is 38.2. The van der Waals surface area contributed by atoms with E-state index in [-0.39, 0.29) is 44.4 Å². The SMILES string of the molecule is CC/C=C\C/C=C\C/C=C\C/C=C\C/C=C\C/C=C\C/C=C\C/C=C\C/C=C\C/C=C\CCCCC(=O)OCC(COC(=O)CCCCC/C=C\C/C=C\C/C=C\CC)OC(=O)CC/C=C\C/C=C\C/C=C\C/C=C\C/C=C\C/C=C\CC. The Bertz CT molecular complexity index is 2130. The number of unbranched alkanes of at least 4 members (excludes halogenated alkanes) is 5. The highest BCUT2D eigenvalue weighted by Crippen LogP contribution is 2.10. The molecule has 6 nitrogen and oxygen atoms in total. The van der Waals surface area contributed by atoms with E-state index in [4.69, 9.17) is 14.2 Å². The molecule has 0 saturated heterocycles. The number of allylic oxidation sites excluding steroid dienone is 38. The van der Waals surface area contributed by atoms with Crippen molar-refractivity contribution in [1.29, 1.82) is 0 Å². The van der Waals surface area contributed by atoms with Crippen LogP contribution >= 0.6 is 0 Å². The van der Waals surface area contributed by atoms with Gasteiger partial charge in [0.2, 0.25) is 0 Å². The largest absolute Gasteiger partial charge is 0.462 e. The van der Waals surface area contributed by atoms with Gasteiger partial charge in [-0.1, -0.05) is 258 Å². The molecule has 0 heterocycles. The lowest BCUT2D eigenvalue weighted by Crippen LogP contribution is -2.30. The van der Waals surface area contributed by atoms with Crippen LogP contribution in [0, 0.1) is 0 Å². The van der Waals surface area contributed by atoms with E-state index in [2.05, 4.69) is 240 Å². The topological polar surface area (TPSA) is 78.9 Å². The highest BCUT2D eigenvalue weighted by Gasteiger charge is 2.19. The molecule has 6 heteroatoms. The molecule has 0 radical (unpaired) electrons. The molecule has 0 aromatic rings. The van der Waals surface area contributed by atoms with E-state index in [1.54, 1.807) is 0 Å². The van der Waals surface area contributed by atoms with Crippen LogP contribution in [0.25, 0.3) is 0 Å². The predicted molar refractivity (Wildman–Crippen MR) is 361 cm³/mol. The summed E-state index contributed by atoms with van der Waals surface area (Å²) in [5.41, 5.74) is 0. The van der Waals surface area contributed by atoms with Gasteiger partial charge in [0.1, 0.15) is 13.2 Å². The minimum Gasteiger partial charge on any atom is -0.462 e. The van der Waals surface area contributed by atoms with Gasteiger partial charge < -0.3 is 14.2 Å². The highest BCUT2D eigenvalue weighted by atomic mass is 16.6. The molecule has 456 valence electrons. The molecule has 0 rings (SSSR count). The summed E-state index contributed by atoms with van der Waals surface area (Å²) < 4.78 is 16.7. The van der Waals surface area contributed by atoms with Crippen LogP contribution in [-0.2, 0) is 28.6 Å². The van der Waals surface area contributed by atoms with Crippen LogP contribution in [0.1, 0.15) is 213 Å². The lowest BCUT2D eigenvalue weighted by molar-refractivity contribution is -0.166.